The summed E-state index contributed by atoms with van der Waals surface area (Å²) >= 11 is 0.903. The summed E-state index contributed by atoms with van der Waals surface area (Å²) in [6, 6.07) is 0. The Balaban J connectivity index is 3.70. The quantitative estimate of drug-likeness (QED) is 0.298. The average Bonchev–Trinajstić information content (AvgIpc) is 2.32. The zero-order chi connectivity index (χ0) is 13.3. The van der Waals surface area contributed by atoms with Crippen LogP contribution in [0, 0.1) is 0 Å². The highest BCUT2D eigenvalue weighted by Crippen LogP contribution is 2.05. The lowest BCUT2D eigenvalue weighted by Gasteiger charge is -2.02. The molecule has 0 heterocycles. The number of ketones is 1. The van der Waals surface area contributed by atoms with E-state index < -0.39 is 23.3 Å². The van der Waals surface area contributed by atoms with Crippen LogP contribution in [0.4, 0.5) is 0 Å². The van der Waals surface area contributed by atoms with Gasteiger partial charge in [-0.1, -0.05) is 18.7 Å². The molecule has 0 aliphatic carbocycles. The predicted octanol–water partition coefficient (Wildman–Crippen LogP) is -0.0954. The van der Waals surface area contributed by atoms with Gasteiger partial charge in [-0.05, 0) is 0 Å². The first-order valence-corrected chi connectivity index (χ1v) is 6.03. The summed E-state index contributed by atoms with van der Waals surface area (Å²) in [5.41, 5.74) is 0. The first kappa shape index (κ1) is 15.6. The molecule has 0 radical (unpaired) electrons. The smallest absolute Gasteiger partial charge is 0.374 e. The van der Waals surface area contributed by atoms with Crippen molar-refractivity contribution in [2.45, 2.75) is 19.8 Å². The van der Waals surface area contributed by atoms with E-state index in [1.807, 2.05) is 0 Å². The Morgan fingerprint density at radius 1 is 1.24 bits per heavy atom. The third-order valence-electron chi connectivity index (χ3n) is 1.73. The Morgan fingerprint density at radius 3 is 2.41 bits per heavy atom. The van der Waals surface area contributed by atoms with Gasteiger partial charge in [0.25, 0.3) is 0 Å². The van der Waals surface area contributed by atoms with Gasteiger partial charge >= 0.3 is 5.97 Å². The van der Waals surface area contributed by atoms with Crippen LogP contribution in [0.5, 0.6) is 0 Å². The highest BCUT2D eigenvalue weighted by molar-refractivity contribution is 8.13. The van der Waals surface area contributed by atoms with E-state index in [-0.39, 0.29) is 5.91 Å². The van der Waals surface area contributed by atoms with Gasteiger partial charge in [-0.25, -0.2) is 4.79 Å². The average molecular weight is 261 g/mol. The van der Waals surface area contributed by atoms with Crippen LogP contribution in [0.2, 0.25) is 0 Å². The number of thioether (sulfide) groups is 1. The minimum Gasteiger partial charge on any atom is -0.463 e. The van der Waals surface area contributed by atoms with Crippen molar-refractivity contribution in [3.8, 4) is 0 Å². The molecule has 0 bridgehead atoms. The molecule has 1 amide bonds. The monoisotopic (exact) mass is 261 g/mol. The number of amides is 1. The molecule has 0 aliphatic heterocycles. The van der Waals surface area contributed by atoms with E-state index in [0.717, 1.165) is 18.9 Å². The standard InChI is InChI=1S/C10H15NO5S/c1-3-8(13)11-4-5-17-9(14)6-7(12)10(15)16-2/h3-6H2,1-2H3,(H,11,13). The molecule has 6 nitrogen and oxygen atoms in total. The maximum absolute atomic E-state index is 11.2. The summed E-state index contributed by atoms with van der Waals surface area (Å²) < 4.78 is 4.18. The van der Waals surface area contributed by atoms with Crippen molar-refractivity contribution in [1.82, 2.24) is 5.32 Å². The van der Waals surface area contributed by atoms with E-state index in [4.69, 9.17) is 0 Å². The first-order valence-electron chi connectivity index (χ1n) is 5.04. The summed E-state index contributed by atoms with van der Waals surface area (Å²) in [7, 11) is 1.08. The van der Waals surface area contributed by atoms with Crippen LogP contribution in [0.25, 0.3) is 0 Å². The molecule has 96 valence electrons. The minimum absolute atomic E-state index is 0.0938. The molecule has 0 spiro atoms. The van der Waals surface area contributed by atoms with Gasteiger partial charge in [-0.2, -0.15) is 0 Å². The van der Waals surface area contributed by atoms with Gasteiger partial charge in [0.05, 0.1) is 13.5 Å². The molecule has 0 aliphatic rings. The van der Waals surface area contributed by atoms with Crippen LogP contribution in [-0.2, 0) is 23.9 Å². The summed E-state index contributed by atoms with van der Waals surface area (Å²) in [5, 5.41) is 2.18. The van der Waals surface area contributed by atoms with Gasteiger partial charge < -0.3 is 10.1 Å². The fourth-order valence-corrected chi connectivity index (χ4v) is 1.51. The second kappa shape index (κ2) is 8.74. The number of carbonyl (C=O) groups excluding carboxylic acids is 4. The van der Waals surface area contributed by atoms with Gasteiger partial charge in [-0.3, -0.25) is 14.4 Å². The molecule has 0 aromatic carbocycles. The molecule has 0 saturated carbocycles. The molecule has 0 aromatic rings. The number of hydrogen-bond donors (Lipinski definition) is 1. The second-order valence-electron chi connectivity index (χ2n) is 3.02. The van der Waals surface area contributed by atoms with E-state index in [1.165, 1.54) is 0 Å². The lowest BCUT2D eigenvalue weighted by atomic mass is 10.3. The van der Waals surface area contributed by atoms with E-state index >= 15 is 0 Å². The Hall–Kier alpha value is -1.37. The van der Waals surface area contributed by atoms with Crippen LogP contribution in [-0.4, -0.2) is 42.2 Å². The SMILES string of the molecule is CCC(=O)NCCSC(=O)CC(=O)C(=O)OC. The Morgan fingerprint density at radius 2 is 1.88 bits per heavy atom. The number of carbonyl (C=O) groups is 4. The molecule has 0 unspecified atom stereocenters. The van der Waals surface area contributed by atoms with Crippen molar-refractivity contribution in [3.05, 3.63) is 0 Å². The largest absolute Gasteiger partial charge is 0.463 e. The summed E-state index contributed by atoms with van der Waals surface area (Å²) in [6.07, 6.45) is -0.0848. The van der Waals surface area contributed by atoms with Gasteiger partial charge in [0.2, 0.25) is 11.7 Å². The maximum atomic E-state index is 11.2. The van der Waals surface area contributed by atoms with Gasteiger partial charge in [0.1, 0.15) is 0 Å². The lowest BCUT2D eigenvalue weighted by Crippen LogP contribution is -2.25. The number of nitrogens with one attached hydrogen (secondary N) is 1. The topological polar surface area (TPSA) is 89.5 Å². The molecule has 7 heteroatoms. The van der Waals surface area contributed by atoms with Crippen LogP contribution < -0.4 is 5.32 Å². The van der Waals surface area contributed by atoms with Crippen molar-refractivity contribution in [2.75, 3.05) is 19.4 Å². The predicted molar refractivity (Wildman–Crippen MR) is 62.4 cm³/mol. The van der Waals surface area contributed by atoms with Crippen molar-refractivity contribution in [3.63, 3.8) is 0 Å². The fourth-order valence-electron chi connectivity index (χ4n) is 0.848. The lowest BCUT2D eigenvalue weighted by molar-refractivity contribution is -0.152. The van der Waals surface area contributed by atoms with Gasteiger partial charge in [0.15, 0.2) is 5.12 Å². The van der Waals surface area contributed by atoms with Crippen molar-refractivity contribution in [2.24, 2.45) is 0 Å². The highest BCUT2D eigenvalue weighted by Gasteiger charge is 2.18. The zero-order valence-corrected chi connectivity index (χ0v) is 10.6. The van der Waals surface area contributed by atoms with Crippen LogP contribution in [0.1, 0.15) is 19.8 Å². The molecule has 1 N–H and O–H groups in total. The molecular weight excluding hydrogens is 246 g/mol. The number of Topliss-reactive ketones (excluding diaryl/α,β-unsaturated/α-hetero) is 1. The minimum atomic E-state index is -1.02. The highest BCUT2D eigenvalue weighted by atomic mass is 32.2. The molecule has 17 heavy (non-hydrogen) atoms. The molecule has 0 atom stereocenters. The number of ether oxygens (including phenoxy) is 1. The third-order valence-corrected chi connectivity index (χ3v) is 2.60. The fraction of sp³-hybridized carbons (Fsp3) is 0.600. The van der Waals surface area contributed by atoms with Crippen LogP contribution in [0.15, 0.2) is 0 Å². The van der Waals surface area contributed by atoms with Crippen LogP contribution in [0.3, 0.4) is 0 Å². The van der Waals surface area contributed by atoms with Crippen molar-refractivity contribution >= 4 is 34.5 Å². The van der Waals surface area contributed by atoms with Gasteiger partial charge in [0, 0.05) is 18.7 Å². The zero-order valence-electron chi connectivity index (χ0n) is 9.78. The van der Waals surface area contributed by atoms with E-state index in [1.54, 1.807) is 6.92 Å². The second-order valence-corrected chi connectivity index (χ2v) is 4.17. The summed E-state index contributed by atoms with van der Waals surface area (Å²) in [5.74, 6) is -1.59. The Labute approximate surface area is 103 Å². The van der Waals surface area contributed by atoms with E-state index in [9.17, 15) is 19.2 Å². The summed E-state index contributed by atoms with van der Waals surface area (Å²) in [6.45, 7) is 2.08. The van der Waals surface area contributed by atoms with Gasteiger partial charge in [-0.15, -0.1) is 0 Å². The third kappa shape index (κ3) is 7.51. The van der Waals surface area contributed by atoms with Crippen molar-refractivity contribution < 1.29 is 23.9 Å². The number of rotatable bonds is 7. The first-order chi connectivity index (χ1) is 8.01. The molecule has 0 saturated heterocycles. The maximum Gasteiger partial charge on any atom is 0.374 e. The summed E-state index contributed by atoms with van der Waals surface area (Å²) in [4.78, 5) is 43.8. The molecule has 0 aromatic heterocycles. The van der Waals surface area contributed by atoms with Crippen molar-refractivity contribution in [1.29, 1.82) is 0 Å². The Bertz CT molecular complexity index is 316. The molecule has 0 rings (SSSR count). The van der Waals surface area contributed by atoms with E-state index in [2.05, 4.69) is 10.1 Å². The number of hydrogen-bond acceptors (Lipinski definition) is 6. The number of methoxy groups -OCH3 is 1. The Kier molecular flexibility index (Phi) is 8.04. The molecule has 0 fully saturated rings. The number of esters is 1. The van der Waals surface area contributed by atoms with E-state index in [0.29, 0.717) is 18.7 Å². The van der Waals surface area contributed by atoms with Crippen LogP contribution >= 0.6 is 11.8 Å². The molecular formula is C10H15NO5S. The normalized spacial score (nSPS) is 9.53.